The zero-order valence-corrected chi connectivity index (χ0v) is 35.1. The summed E-state index contributed by atoms with van der Waals surface area (Å²) >= 11 is 0. The molecule has 0 radical (unpaired) electrons. The van der Waals surface area contributed by atoms with Crippen molar-refractivity contribution >= 4 is 11.3 Å². The Morgan fingerprint density at radius 3 is 1.72 bits per heavy atom. The average molecular weight is 823 g/mol. The third-order valence-corrected chi connectivity index (χ3v) is 12.9. The van der Waals surface area contributed by atoms with Gasteiger partial charge in [-0.1, -0.05) is 32.1 Å². The third kappa shape index (κ3) is 8.25. The lowest BCUT2D eigenvalue weighted by Gasteiger charge is -2.30. The Hall–Kier alpha value is -6.00. The highest BCUT2D eigenvalue weighted by Gasteiger charge is 2.28. The number of imidazole rings is 2. The molecule has 10 rings (SSSR count). The molecule has 316 valence electrons. The van der Waals surface area contributed by atoms with Gasteiger partial charge in [0.1, 0.15) is 22.9 Å². The molecule has 0 bridgehead atoms. The summed E-state index contributed by atoms with van der Waals surface area (Å²) in [6.07, 6.45) is 36.5. The molecule has 2 aliphatic rings. The molecule has 16 nitrogen and oxygen atoms in total. The zero-order valence-electron chi connectivity index (χ0n) is 35.1. The molecule has 2 atom stereocenters. The first-order valence-corrected chi connectivity index (χ1v) is 21.9. The van der Waals surface area contributed by atoms with Crippen molar-refractivity contribution in [1.82, 2.24) is 67.9 Å². The molecule has 16 heteroatoms. The molecule has 2 fully saturated rings. The summed E-state index contributed by atoms with van der Waals surface area (Å²) in [4.78, 5) is 19.5. The molecule has 8 aromatic rings. The molecule has 8 heterocycles. The van der Waals surface area contributed by atoms with Crippen molar-refractivity contribution in [1.29, 1.82) is 0 Å². The van der Waals surface area contributed by atoms with E-state index in [0.29, 0.717) is 37.6 Å². The maximum atomic E-state index is 6.33. The average Bonchev–Trinajstić information content (AvgIpc) is 4.13. The number of rotatable bonds is 17. The first kappa shape index (κ1) is 39.2. The second-order valence-electron chi connectivity index (χ2n) is 16.8. The number of aryl methyl sites for hydroxylation is 1. The summed E-state index contributed by atoms with van der Waals surface area (Å²) < 4.78 is 23.9. The van der Waals surface area contributed by atoms with Crippen molar-refractivity contribution in [2.24, 2.45) is 18.9 Å². The molecule has 0 saturated heterocycles. The summed E-state index contributed by atoms with van der Waals surface area (Å²) in [5, 5.41) is 18.9. The van der Waals surface area contributed by atoms with Crippen molar-refractivity contribution in [2.45, 2.75) is 89.3 Å². The monoisotopic (exact) mass is 822 g/mol. The minimum Gasteiger partial charge on any atom is -0.385 e. The minimum absolute atomic E-state index is 0.231. The Morgan fingerprint density at radius 1 is 0.607 bits per heavy atom. The van der Waals surface area contributed by atoms with Crippen LogP contribution in [0.15, 0.2) is 86.5 Å². The van der Waals surface area contributed by atoms with Gasteiger partial charge in [-0.25, -0.2) is 19.9 Å². The van der Waals surface area contributed by atoms with Crippen LogP contribution in [-0.2, 0) is 23.1 Å². The van der Waals surface area contributed by atoms with Crippen molar-refractivity contribution in [3.05, 3.63) is 86.5 Å². The number of methoxy groups -OCH3 is 1. The van der Waals surface area contributed by atoms with E-state index in [4.69, 9.17) is 34.7 Å². The normalized spacial score (nSPS) is 16.4. The van der Waals surface area contributed by atoms with Gasteiger partial charge in [-0.05, 0) is 50.4 Å². The van der Waals surface area contributed by atoms with Crippen LogP contribution in [0.5, 0.6) is 0 Å². The molecule has 0 aliphatic heterocycles. The lowest BCUT2D eigenvalue weighted by Crippen LogP contribution is -2.24. The van der Waals surface area contributed by atoms with Gasteiger partial charge >= 0.3 is 0 Å². The van der Waals surface area contributed by atoms with Crippen LogP contribution in [0.4, 0.5) is 0 Å². The summed E-state index contributed by atoms with van der Waals surface area (Å²) in [5.41, 5.74) is 7.13. The number of hydrogen-bond acceptors (Lipinski definition) is 10. The topological polar surface area (TPSA) is 150 Å². The quantitative estimate of drug-likeness (QED) is 0.0834. The van der Waals surface area contributed by atoms with Gasteiger partial charge in [0.25, 0.3) is 0 Å². The minimum atomic E-state index is 0.231. The van der Waals surface area contributed by atoms with Crippen molar-refractivity contribution in [2.75, 3.05) is 26.9 Å². The predicted molar refractivity (Wildman–Crippen MR) is 230 cm³/mol. The summed E-state index contributed by atoms with van der Waals surface area (Å²) in [6, 6.07) is 4.56. The van der Waals surface area contributed by atoms with Crippen LogP contribution in [-0.4, -0.2) is 94.8 Å². The van der Waals surface area contributed by atoms with Crippen LogP contribution < -0.4 is 0 Å². The van der Waals surface area contributed by atoms with Crippen LogP contribution in [0.2, 0.25) is 0 Å². The van der Waals surface area contributed by atoms with Crippen LogP contribution in [0.3, 0.4) is 0 Å². The van der Waals surface area contributed by atoms with Gasteiger partial charge in [0.05, 0.1) is 72.5 Å². The number of aromatic nitrogens is 14. The number of nitrogens with zero attached hydrogens (tertiary/aromatic N) is 14. The molecule has 2 aliphatic carbocycles. The smallest absolute Gasteiger partial charge is 0.149 e. The Morgan fingerprint density at radius 2 is 1.15 bits per heavy atom. The molecule has 0 amide bonds. The predicted octanol–water partition coefficient (Wildman–Crippen LogP) is 7.76. The van der Waals surface area contributed by atoms with Crippen molar-refractivity contribution in [3.63, 3.8) is 0 Å². The fourth-order valence-electron chi connectivity index (χ4n) is 9.72. The Labute approximate surface area is 354 Å². The number of ether oxygens (including phenoxy) is 2. The van der Waals surface area contributed by atoms with E-state index in [1.165, 1.54) is 57.8 Å². The van der Waals surface area contributed by atoms with Crippen LogP contribution in [0.25, 0.3) is 56.6 Å². The maximum absolute atomic E-state index is 6.33. The number of fused-ring (bicyclic) bond motifs is 2. The largest absolute Gasteiger partial charge is 0.385 e. The fraction of sp³-hybridized carbons (Fsp3) is 0.467. The second kappa shape index (κ2) is 17.5. The van der Waals surface area contributed by atoms with E-state index >= 15 is 0 Å². The maximum Gasteiger partial charge on any atom is 0.149 e. The van der Waals surface area contributed by atoms with Gasteiger partial charge in [0.2, 0.25) is 0 Å². The van der Waals surface area contributed by atoms with Crippen LogP contribution in [0.1, 0.15) is 82.7 Å². The molecular formula is C45H54N14O2. The van der Waals surface area contributed by atoms with Crippen molar-refractivity contribution < 1.29 is 9.47 Å². The zero-order chi connectivity index (χ0) is 41.1. The Kier molecular flexibility index (Phi) is 11.3. The van der Waals surface area contributed by atoms with Crippen LogP contribution >= 0.6 is 0 Å². The molecule has 8 aromatic heterocycles. The molecule has 2 saturated carbocycles. The molecule has 0 N–H and O–H groups in total. The van der Waals surface area contributed by atoms with Gasteiger partial charge in [0.15, 0.2) is 0 Å². The molecular weight excluding hydrogens is 769 g/mol. The lowest BCUT2D eigenvalue weighted by atomic mass is 9.83. The van der Waals surface area contributed by atoms with E-state index in [0.717, 1.165) is 76.0 Å². The van der Waals surface area contributed by atoms with Gasteiger partial charge in [-0.15, -0.1) is 0 Å². The van der Waals surface area contributed by atoms with E-state index in [2.05, 4.69) is 36.8 Å². The second-order valence-corrected chi connectivity index (χ2v) is 16.8. The van der Waals surface area contributed by atoms with E-state index in [-0.39, 0.29) is 6.04 Å². The van der Waals surface area contributed by atoms with Crippen LogP contribution in [0, 0.1) is 11.8 Å². The van der Waals surface area contributed by atoms with Crippen molar-refractivity contribution in [3.8, 4) is 45.3 Å². The standard InChI is InChI=1S/C45H54N14O2/c1-54-28-34(24-48-54)38-22-42-46-14-16-56(42)44(52-38)37-27-51-59(31-37)41(32-8-4-3-5-9-32)13-20-61-21-18-55-29-35(25-49-55)39-23-43-47-15-17-57(43)45(53-39)36-26-50-58(30-36)40(12-19-60-2)33-10-6-7-11-33/h14-17,22-33,40-41H,3-13,18-21H2,1-2H3. The number of hydrogen-bond donors (Lipinski definition) is 0. The summed E-state index contributed by atoms with van der Waals surface area (Å²) in [7, 11) is 3.69. The van der Waals surface area contributed by atoms with Gasteiger partial charge in [0, 0.05) is 100 Å². The summed E-state index contributed by atoms with van der Waals surface area (Å²) in [6.45, 7) is 2.54. The lowest BCUT2D eigenvalue weighted by molar-refractivity contribution is 0.0954. The highest BCUT2D eigenvalue weighted by Crippen LogP contribution is 2.38. The van der Waals surface area contributed by atoms with Gasteiger partial charge in [-0.2, -0.15) is 20.4 Å². The first-order valence-electron chi connectivity index (χ1n) is 21.9. The van der Waals surface area contributed by atoms with E-state index in [1.807, 2.05) is 94.6 Å². The summed E-state index contributed by atoms with van der Waals surface area (Å²) in [5.74, 6) is 2.79. The first-order chi connectivity index (χ1) is 30.1. The van der Waals surface area contributed by atoms with E-state index in [1.54, 1.807) is 11.8 Å². The van der Waals surface area contributed by atoms with E-state index in [9.17, 15) is 0 Å². The van der Waals surface area contributed by atoms with Gasteiger partial charge < -0.3 is 9.47 Å². The fourth-order valence-corrected chi connectivity index (χ4v) is 9.72. The highest BCUT2D eigenvalue weighted by molar-refractivity contribution is 5.69. The van der Waals surface area contributed by atoms with Gasteiger partial charge in [-0.3, -0.25) is 27.5 Å². The Bertz CT molecular complexity index is 2690. The molecule has 2 unspecified atom stereocenters. The SMILES string of the molecule is COCCC(C1CCCC1)n1cc(-c2nc(-c3cnn(CCOCCC(C4CCCCC4)n4cc(-c5nc(-c6cnn(C)c6)cc6nccn56)cn4)c3)cc3nccn23)cn1. The molecule has 0 aromatic carbocycles. The van der Waals surface area contributed by atoms with E-state index < -0.39 is 0 Å². The highest BCUT2D eigenvalue weighted by atomic mass is 16.5. The molecule has 61 heavy (non-hydrogen) atoms. The Balaban J connectivity index is 0.807. The molecule has 0 spiro atoms. The third-order valence-electron chi connectivity index (χ3n) is 12.9.